The first-order valence-electron chi connectivity index (χ1n) is 5.61. The minimum atomic E-state index is -0.436. The summed E-state index contributed by atoms with van der Waals surface area (Å²) in [6.45, 7) is 5.23. The third kappa shape index (κ3) is 5.26. The number of rotatable bonds is 7. The SMILES string of the molecule is C[C@H](O)[C@H](C)OCCOCc1ccccc1. The molecule has 1 aromatic carbocycles. The normalized spacial score (nSPS) is 14.7. The minimum Gasteiger partial charge on any atom is -0.391 e. The number of ether oxygens (including phenoxy) is 2. The van der Waals surface area contributed by atoms with Crippen LogP contribution in [0.25, 0.3) is 0 Å². The molecule has 90 valence electrons. The Hall–Kier alpha value is -0.900. The lowest BCUT2D eigenvalue weighted by atomic mass is 10.2. The van der Waals surface area contributed by atoms with E-state index < -0.39 is 6.10 Å². The van der Waals surface area contributed by atoms with Crippen LogP contribution in [0.2, 0.25) is 0 Å². The van der Waals surface area contributed by atoms with Gasteiger partial charge in [0.25, 0.3) is 0 Å². The summed E-state index contributed by atoms with van der Waals surface area (Å²) in [7, 11) is 0. The second-order valence-corrected chi connectivity index (χ2v) is 3.85. The Balaban J connectivity index is 2.04. The van der Waals surface area contributed by atoms with Gasteiger partial charge >= 0.3 is 0 Å². The van der Waals surface area contributed by atoms with Crippen LogP contribution >= 0.6 is 0 Å². The van der Waals surface area contributed by atoms with Crippen LogP contribution in [0, 0.1) is 0 Å². The van der Waals surface area contributed by atoms with E-state index in [1.54, 1.807) is 6.92 Å². The van der Waals surface area contributed by atoms with E-state index in [9.17, 15) is 5.11 Å². The predicted molar refractivity (Wildman–Crippen MR) is 63.2 cm³/mol. The Labute approximate surface area is 97.0 Å². The number of aliphatic hydroxyl groups is 1. The van der Waals surface area contributed by atoms with E-state index in [1.165, 1.54) is 0 Å². The molecule has 0 amide bonds. The van der Waals surface area contributed by atoms with Gasteiger partial charge in [-0.05, 0) is 19.4 Å². The average molecular weight is 224 g/mol. The molecule has 1 N–H and O–H groups in total. The predicted octanol–water partition coefficient (Wildman–Crippen LogP) is 1.99. The van der Waals surface area contributed by atoms with E-state index in [1.807, 2.05) is 37.3 Å². The van der Waals surface area contributed by atoms with Crippen molar-refractivity contribution in [3.8, 4) is 0 Å². The first-order chi connectivity index (χ1) is 7.70. The summed E-state index contributed by atoms with van der Waals surface area (Å²) in [6.07, 6.45) is -0.575. The van der Waals surface area contributed by atoms with Crippen LogP contribution in [0.5, 0.6) is 0 Å². The van der Waals surface area contributed by atoms with Gasteiger partial charge in [-0.3, -0.25) is 0 Å². The number of hydrogen-bond donors (Lipinski definition) is 1. The maximum atomic E-state index is 9.19. The highest BCUT2D eigenvalue weighted by Crippen LogP contribution is 2.01. The van der Waals surface area contributed by atoms with Crippen molar-refractivity contribution in [2.24, 2.45) is 0 Å². The lowest BCUT2D eigenvalue weighted by Crippen LogP contribution is -2.24. The second kappa shape index (κ2) is 7.39. The molecule has 0 fully saturated rings. The average Bonchev–Trinajstić information content (AvgIpc) is 2.29. The van der Waals surface area contributed by atoms with E-state index in [4.69, 9.17) is 9.47 Å². The van der Waals surface area contributed by atoms with Crippen LogP contribution in [-0.4, -0.2) is 30.5 Å². The third-order valence-electron chi connectivity index (χ3n) is 2.40. The van der Waals surface area contributed by atoms with E-state index in [2.05, 4.69) is 0 Å². The molecule has 0 aliphatic carbocycles. The summed E-state index contributed by atoms with van der Waals surface area (Å²) in [6, 6.07) is 10.0. The molecule has 2 atom stereocenters. The van der Waals surface area contributed by atoms with Gasteiger partial charge in [0.2, 0.25) is 0 Å². The third-order valence-corrected chi connectivity index (χ3v) is 2.40. The standard InChI is InChI=1S/C13H20O3/c1-11(14)12(2)16-9-8-15-10-13-6-4-3-5-7-13/h3-7,11-12,14H,8-10H2,1-2H3/t11-,12-/m0/s1. The Morgan fingerprint density at radius 2 is 1.81 bits per heavy atom. The molecule has 0 heterocycles. The highest BCUT2D eigenvalue weighted by molar-refractivity contribution is 5.13. The van der Waals surface area contributed by atoms with Crippen LogP contribution in [-0.2, 0) is 16.1 Å². The fourth-order valence-electron chi connectivity index (χ4n) is 1.20. The van der Waals surface area contributed by atoms with Crippen molar-refractivity contribution in [3.05, 3.63) is 35.9 Å². The summed E-state index contributed by atoms with van der Waals surface area (Å²) >= 11 is 0. The molecule has 0 aromatic heterocycles. The summed E-state index contributed by atoms with van der Waals surface area (Å²) in [5.74, 6) is 0. The minimum absolute atomic E-state index is 0.139. The quantitative estimate of drug-likeness (QED) is 0.720. The maximum Gasteiger partial charge on any atom is 0.0804 e. The number of hydrogen-bond acceptors (Lipinski definition) is 3. The summed E-state index contributed by atoms with van der Waals surface area (Å²) in [5.41, 5.74) is 1.16. The van der Waals surface area contributed by atoms with Gasteiger partial charge < -0.3 is 14.6 Å². The van der Waals surface area contributed by atoms with Crippen LogP contribution in [0.15, 0.2) is 30.3 Å². The first-order valence-corrected chi connectivity index (χ1v) is 5.61. The largest absolute Gasteiger partial charge is 0.391 e. The fourth-order valence-corrected chi connectivity index (χ4v) is 1.20. The maximum absolute atomic E-state index is 9.19. The summed E-state index contributed by atoms with van der Waals surface area (Å²) < 4.78 is 10.8. The molecule has 1 rings (SSSR count). The molecule has 16 heavy (non-hydrogen) atoms. The molecule has 0 aliphatic rings. The van der Waals surface area contributed by atoms with Gasteiger partial charge in [-0.15, -0.1) is 0 Å². The van der Waals surface area contributed by atoms with Crippen molar-refractivity contribution in [2.75, 3.05) is 13.2 Å². The Morgan fingerprint density at radius 1 is 1.12 bits per heavy atom. The van der Waals surface area contributed by atoms with Gasteiger partial charge in [0, 0.05) is 0 Å². The highest BCUT2D eigenvalue weighted by atomic mass is 16.5. The zero-order valence-electron chi connectivity index (χ0n) is 9.93. The Bertz CT molecular complexity index is 272. The Morgan fingerprint density at radius 3 is 2.44 bits per heavy atom. The van der Waals surface area contributed by atoms with E-state index in [0.717, 1.165) is 5.56 Å². The van der Waals surface area contributed by atoms with Gasteiger partial charge in [0.15, 0.2) is 0 Å². The number of benzene rings is 1. The zero-order valence-corrected chi connectivity index (χ0v) is 9.93. The smallest absolute Gasteiger partial charge is 0.0804 e. The summed E-state index contributed by atoms with van der Waals surface area (Å²) in [4.78, 5) is 0. The van der Waals surface area contributed by atoms with Gasteiger partial charge in [-0.2, -0.15) is 0 Å². The molecule has 0 unspecified atom stereocenters. The molecule has 0 spiro atoms. The van der Waals surface area contributed by atoms with E-state index in [-0.39, 0.29) is 6.10 Å². The van der Waals surface area contributed by atoms with Crippen LogP contribution in [0.4, 0.5) is 0 Å². The van der Waals surface area contributed by atoms with E-state index in [0.29, 0.717) is 19.8 Å². The monoisotopic (exact) mass is 224 g/mol. The van der Waals surface area contributed by atoms with Crippen molar-refractivity contribution in [1.29, 1.82) is 0 Å². The second-order valence-electron chi connectivity index (χ2n) is 3.85. The number of aliphatic hydroxyl groups excluding tert-OH is 1. The lowest BCUT2D eigenvalue weighted by molar-refractivity contribution is -0.0427. The Kier molecular flexibility index (Phi) is 6.08. The van der Waals surface area contributed by atoms with Gasteiger partial charge in [0.05, 0.1) is 32.0 Å². The van der Waals surface area contributed by atoms with Gasteiger partial charge in [-0.25, -0.2) is 0 Å². The van der Waals surface area contributed by atoms with E-state index >= 15 is 0 Å². The first kappa shape index (κ1) is 13.2. The molecule has 0 saturated carbocycles. The van der Waals surface area contributed by atoms with Gasteiger partial charge in [0.1, 0.15) is 0 Å². The molecular formula is C13H20O3. The van der Waals surface area contributed by atoms with Gasteiger partial charge in [-0.1, -0.05) is 30.3 Å². The topological polar surface area (TPSA) is 38.7 Å². The lowest BCUT2D eigenvalue weighted by Gasteiger charge is -2.15. The molecule has 1 aromatic rings. The molecular weight excluding hydrogens is 204 g/mol. The molecule has 0 bridgehead atoms. The summed E-state index contributed by atoms with van der Waals surface area (Å²) in [5, 5.41) is 9.19. The van der Waals surface area contributed by atoms with Crippen molar-refractivity contribution in [1.82, 2.24) is 0 Å². The highest BCUT2D eigenvalue weighted by Gasteiger charge is 2.07. The van der Waals surface area contributed by atoms with Crippen molar-refractivity contribution >= 4 is 0 Å². The van der Waals surface area contributed by atoms with Crippen LogP contribution in [0.3, 0.4) is 0 Å². The molecule has 0 radical (unpaired) electrons. The molecule has 3 heteroatoms. The van der Waals surface area contributed by atoms with Crippen LogP contribution in [0.1, 0.15) is 19.4 Å². The van der Waals surface area contributed by atoms with Crippen molar-refractivity contribution in [2.45, 2.75) is 32.7 Å². The zero-order chi connectivity index (χ0) is 11.8. The van der Waals surface area contributed by atoms with Crippen molar-refractivity contribution in [3.63, 3.8) is 0 Å². The fraction of sp³-hybridized carbons (Fsp3) is 0.538. The molecule has 0 aliphatic heterocycles. The molecule has 0 saturated heterocycles. The van der Waals surface area contributed by atoms with Crippen molar-refractivity contribution < 1.29 is 14.6 Å². The molecule has 3 nitrogen and oxygen atoms in total. The van der Waals surface area contributed by atoms with Crippen LogP contribution < -0.4 is 0 Å².